The summed E-state index contributed by atoms with van der Waals surface area (Å²) in [7, 11) is 2.11. The monoisotopic (exact) mass is 366 g/mol. The van der Waals surface area contributed by atoms with Gasteiger partial charge in [0.15, 0.2) is 5.82 Å². The lowest BCUT2D eigenvalue weighted by Crippen LogP contribution is -2.51. The van der Waals surface area contributed by atoms with Crippen molar-refractivity contribution in [2.75, 3.05) is 51.2 Å². The Morgan fingerprint density at radius 1 is 1.07 bits per heavy atom. The lowest BCUT2D eigenvalue weighted by atomic mass is 9.96. The van der Waals surface area contributed by atoms with Gasteiger partial charge in [-0.25, -0.2) is 0 Å². The second-order valence-corrected chi connectivity index (χ2v) is 7.43. The summed E-state index contributed by atoms with van der Waals surface area (Å²) >= 11 is 0. The van der Waals surface area contributed by atoms with E-state index in [4.69, 9.17) is 0 Å². The lowest BCUT2D eigenvalue weighted by Gasteiger charge is -2.38. The molecule has 0 spiro atoms. The molecule has 0 saturated carbocycles. The van der Waals surface area contributed by atoms with Gasteiger partial charge in [-0.1, -0.05) is 0 Å². The molecule has 1 amide bonds. The summed E-state index contributed by atoms with van der Waals surface area (Å²) in [5, 5.41) is 8.77. The molecule has 2 saturated heterocycles. The first-order chi connectivity index (χ1) is 13.2. The largest absolute Gasteiger partial charge is 0.354 e. The zero-order valence-corrected chi connectivity index (χ0v) is 15.8. The molecule has 7 heteroatoms. The molecular formula is C20H26N6O. The number of hydrogen-bond donors (Lipinski definition) is 0. The molecule has 27 heavy (non-hydrogen) atoms. The molecule has 0 radical (unpaired) electrons. The van der Waals surface area contributed by atoms with Gasteiger partial charge >= 0.3 is 0 Å². The molecule has 2 aliphatic heterocycles. The lowest BCUT2D eigenvalue weighted by molar-refractivity contribution is -0.137. The topological polar surface area (TPSA) is 65.5 Å². The van der Waals surface area contributed by atoms with Crippen LogP contribution in [0, 0.1) is 5.92 Å². The van der Waals surface area contributed by atoms with E-state index in [0.29, 0.717) is 5.91 Å². The molecule has 4 heterocycles. The Morgan fingerprint density at radius 3 is 2.63 bits per heavy atom. The van der Waals surface area contributed by atoms with E-state index in [1.807, 2.05) is 29.2 Å². The minimum absolute atomic E-state index is 0.0574. The minimum atomic E-state index is 0.0574. The molecule has 7 nitrogen and oxygen atoms in total. The highest BCUT2D eigenvalue weighted by molar-refractivity contribution is 5.80. The van der Waals surface area contributed by atoms with Crippen LogP contribution in [0.4, 0.5) is 5.82 Å². The second kappa shape index (κ2) is 8.00. The van der Waals surface area contributed by atoms with Crippen LogP contribution in [0.1, 0.15) is 12.8 Å². The van der Waals surface area contributed by atoms with Crippen molar-refractivity contribution in [1.29, 1.82) is 0 Å². The molecule has 0 aromatic carbocycles. The van der Waals surface area contributed by atoms with Gasteiger partial charge in [0.1, 0.15) is 0 Å². The maximum atomic E-state index is 12.9. The van der Waals surface area contributed by atoms with Crippen molar-refractivity contribution in [2.24, 2.45) is 5.92 Å². The van der Waals surface area contributed by atoms with Crippen LogP contribution in [0.15, 0.2) is 36.7 Å². The van der Waals surface area contributed by atoms with Crippen molar-refractivity contribution in [2.45, 2.75) is 12.8 Å². The van der Waals surface area contributed by atoms with Crippen molar-refractivity contribution in [3.05, 3.63) is 36.7 Å². The number of carbonyl (C=O) groups excluding carboxylic acids is 1. The van der Waals surface area contributed by atoms with E-state index < -0.39 is 0 Å². The van der Waals surface area contributed by atoms with Crippen LogP contribution in [0.2, 0.25) is 0 Å². The van der Waals surface area contributed by atoms with Crippen LogP contribution in [-0.4, -0.2) is 77.2 Å². The first-order valence-corrected chi connectivity index (χ1v) is 9.67. The summed E-state index contributed by atoms with van der Waals surface area (Å²) in [6.45, 7) is 5.25. The molecule has 142 valence electrons. The van der Waals surface area contributed by atoms with Crippen LogP contribution in [0.25, 0.3) is 11.3 Å². The molecule has 1 unspecified atom stereocenters. The van der Waals surface area contributed by atoms with E-state index in [9.17, 15) is 4.79 Å². The van der Waals surface area contributed by atoms with Crippen molar-refractivity contribution >= 4 is 11.7 Å². The standard InChI is InChI=1S/C20H26N6O/c1-24-10-12-25(13-11-24)20(27)17-5-3-9-26(15-17)19-7-6-18(22-23-19)16-4-2-8-21-14-16/h2,4,6-8,14,17H,3,5,9-13,15H2,1H3. The Hall–Kier alpha value is -2.54. The third-order valence-corrected chi connectivity index (χ3v) is 5.52. The number of piperazine rings is 1. The van der Waals surface area contributed by atoms with E-state index in [1.54, 1.807) is 12.4 Å². The first kappa shape index (κ1) is 17.9. The Labute approximate surface area is 160 Å². The quantitative estimate of drug-likeness (QED) is 0.821. The van der Waals surface area contributed by atoms with E-state index in [-0.39, 0.29) is 5.92 Å². The van der Waals surface area contributed by atoms with Gasteiger partial charge in [-0.3, -0.25) is 9.78 Å². The number of amides is 1. The van der Waals surface area contributed by atoms with Crippen LogP contribution in [-0.2, 0) is 4.79 Å². The van der Waals surface area contributed by atoms with Gasteiger partial charge in [-0.05, 0) is 44.2 Å². The third kappa shape index (κ3) is 4.08. The second-order valence-electron chi connectivity index (χ2n) is 7.43. The number of rotatable bonds is 3. The van der Waals surface area contributed by atoms with Crippen molar-refractivity contribution in [1.82, 2.24) is 25.0 Å². The van der Waals surface area contributed by atoms with Gasteiger partial charge in [0.25, 0.3) is 0 Å². The van der Waals surface area contributed by atoms with E-state index in [2.05, 4.69) is 32.0 Å². The van der Waals surface area contributed by atoms with Crippen molar-refractivity contribution in [3.63, 3.8) is 0 Å². The summed E-state index contributed by atoms with van der Waals surface area (Å²) in [6, 6.07) is 7.84. The van der Waals surface area contributed by atoms with Gasteiger partial charge in [0, 0.05) is 57.2 Å². The molecular weight excluding hydrogens is 340 g/mol. The number of aromatic nitrogens is 3. The van der Waals surface area contributed by atoms with Crippen molar-refractivity contribution < 1.29 is 4.79 Å². The summed E-state index contributed by atoms with van der Waals surface area (Å²) in [5.74, 6) is 1.20. The maximum absolute atomic E-state index is 12.9. The van der Waals surface area contributed by atoms with Crippen LogP contribution in [0.3, 0.4) is 0 Å². The highest BCUT2D eigenvalue weighted by atomic mass is 16.2. The first-order valence-electron chi connectivity index (χ1n) is 9.67. The summed E-state index contributed by atoms with van der Waals surface area (Å²) in [5.41, 5.74) is 1.77. The SMILES string of the molecule is CN1CCN(C(=O)C2CCCN(c3ccc(-c4cccnc4)nn3)C2)CC1. The summed E-state index contributed by atoms with van der Waals surface area (Å²) in [4.78, 5) is 23.5. The van der Waals surface area contributed by atoms with Crippen LogP contribution < -0.4 is 4.90 Å². The average Bonchev–Trinajstić information content (AvgIpc) is 2.75. The summed E-state index contributed by atoms with van der Waals surface area (Å²) in [6.07, 6.45) is 5.50. The molecule has 2 aromatic rings. The number of anilines is 1. The molecule has 2 aromatic heterocycles. The third-order valence-electron chi connectivity index (χ3n) is 5.52. The van der Waals surface area contributed by atoms with Gasteiger partial charge < -0.3 is 14.7 Å². The fraction of sp³-hybridized carbons (Fsp3) is 0.500. The van der Waals surface area contributed by atoms with E-state index in [1.165, 1.54) is 0 Å². The number of nitrogens with zero attached hydrogens (tertiary/aromatic N) is 6. The van der Waals surface area contributed by atoms with Gasteiger partial charge in [-0.2, -0.15) is 0 Å². The molecule has 2 fully saturated rings. The Balaban J connectivity index is 1.41. The number of hydrogen-bond acceptors (Lipinski definition) is 6. The van der Waals surface area contributed by atoms with Gasteiger partial charge in [0.2, 0.25) is 5.91 Å². The number of likely N-dealkylation sites (N-methyl/N-ethyl adjacent to an activating group) is 1. The molecule has 0 aliphatic carbocycles. The van der Waals surface area contributed by atoms with E-state index in [0.717, 1.165) is 69.2 Å². The molecule has 2 aliphatic rings. The Kier molecular flexibility index (Phi) is 5.29. The van der Waals surface area contributed by atoms with Crippen LogP contribution >= 0.6 is 0 Å². The molecule has 4 rings (SSSR count). The number of pyridine rings is 1. The predicted molar refractivity (Wildman–Crippen MR) is 104 cm³/mol. The highest BCUT2D eigenvalue weighted by Gasteiger charge is 2.31. The Bertz CT molecular complexity index is 758. The highest BCUT2D eigenvalue weighted by Crippen LogP contribution is 2.24. The minimum Gasteiger partial charge on any atom is -0.354 e. The van der Waals surface area contributed by atoms with Gasteiger partial charge in [-0.15, -0.1) is 10.2 Å². The number of piperidine rings is 1. The van der Waals surface area contributed by atoms with Gasteiger partial charge in [0.05, 0.1) is 11.6 Å². The van der Waals surface area contributed by atoms with Crippen molar-refractivity contribution in [3.8, 4) is 11.3 Å². The number of carbonyl (C=O) groups is 1. The molecule has 0 N–H and O–H groups in total. The fourth-order valence-electron chi connectivity index (χ4n) is 3.83. The summed E-state index contributed by atoms with van der Waals surface area (Å²) < 4.78 is 0. The van der Waals surface area contributed by atoms with E-state index >= 15 is 0 Å². The smallest absolute Gasteiger partial charge is 0.227 e. The maximum Gasteiger partial charge on any atom is 0.227 e. The van der Waals surface area contributed by atoms with Crippen LogP contribution in [0.5, 0.6) is 0 Å². The normalized spacial score (nSPS) is 21.3. The predicted octanol–water partition coefficient (Wildman–Crippen LogP) is 1.53. The Morgan fingerprint density at radius 2 is 1.93 bits per heavy atom. The average molecular weight is 366 g/mol. The zero-order valence-electron chi connectivity index (χ0n) is 15.8. The zero-order chi connectivity index (χ0) is 18.6. The molecule has 0 bridgehead atoms. The molecule has 1 atom stereocenters. The fourth-order valence-corrected chi connectivity index (χ4v) is 3.83.